The highest BCUT2D eigenvalue weighted by molar-refractivity contribution is 8.00. The third-order valence-electron chi connectivity index (χ3n) is 5.36. The van der Waals surface area contributed by atoms with Crippen LogP contribution in [0.1, 0.15) is 15.9 Å². The fourth-order valence-corrected chi connectivity index (χ4v) is 4.90. The number of halogens is 3. The van der Waals surface area contributed by atoms with E-state index in [-0.39, 0.29) is 17.4 Å². The molecule has 3 N–H and O–H groups in total. The van der Waals surface area contributed by atoms with Gasteiger partial charge in [-0.15, -0.1) is 11.8 Å². The van der Waals surface area contributed by atoms with Crippen LogP contribution in [0.3, 0.4) is 0 Å². The van der Waals surface area contributed by atoms with Crippen LogP contribution in [0.4, 0.5) is 11.4 Å². The lowest BCUT2D eigenvalue weighted by Crippen LogP contribution is -2.30. The van der Waals surface area contributed by atoms with E-state index < -0.39 is 11.8 Å². The maximum Gasteiger partial charge on any atom is 0.272 e. The highest BCUT2D eigenvalue weighted by Crippen LogP contribution is 2.25. The van der Waals surface area contributed by atoms with Crippen molar-refractivity contribution in [3.05, 3.63) is 129 Å². The molecule has 0 aromatic heterocycles. The summed E-state index contributed by atoms with van der Waals surface area (Å²) in [5.74, 6) is -1.06. The van der Waals surface area contributed by atoms with Gasteiger partial charge < -0.3 is 16.0 Å². The van der Waals surface area contributed by atoms with E-state index in [1.165, 1.54) is 17.8 Å². The summed E-state index contributed by atoms with van der Waals surface area (Å²) in [6, 6.07) is 27.3. The average molecular weight is 611 g/mol. The van der Waals surface area contributed by atoms with Gasteiger partial charge in [-0.2, -0.15) is 0 Å². The van der Waals surface area contributed by atoms with Crippen LogP contribution in [0, 0.1) is 0 Å². The Bertz CT molecular complexity index is 1580. The van der Waals surface area contributed by atoms with Gasteiger partial charge in [-0.3, -0.25) is 14.4 Å². The van der Waals surface area contributed by atoms with Crippen molar-refractivity contribution < 1.29 is 14.4 Å². The number of thioether (sulfide) groups is 1. The number of benzene rings is 4. The summed E-state index contributed by atoms with van der Waals surface area (Å²) in [5, 5.41) is 9.57. The van der Waals surface area contributed by atoms with Crippen LogP contribution < -0.4 is 16.0 Å². The lowest BCUT2D eigenvalue weighted by molar-refractivity contribution is -0.114. The van der Waals surface area contributed by atoms with Crippen LogP contribution >= 0.6 is 46.6 Å². The molecule has 10 heteroatoms. The fourth-order valence-electron chi connectivity index (χ4n) is 3.49. The van der Waals surface area contributed by atoms with Gasteiger partial charge >= 0.3 is 0 Å². The van der Waals surface area contributed by atoms with Gasteiger partial charge in [0.15, 0.2) is 0 Å². The van der Waals surface area contributed by atoms with Gasteiger partial charge in [-0.1, -0.05) is 71.2 Å². The second-order valence-electron chi connectivity index (χ2n) is 8.37. The van der Waals surface area contributed by atoms with Crippen molar-refractivity contribution in [1.82, 2.24) is 5.32 Å². The van der Waals surface area contributed by atoms with Gasteiger partial charge in [0.05, 0.1) is 5.75 Å². The standard InChI is InChI=1S/C30H22Cl3N3O3S/c31-21-8-4-9-23(15-21)34-28(37)18-40-25-11-5-10-24(17-25)35-30(39)27(14-20-12-13-22(32)16-26(20)33)36-29(38)19-6-2-1-3-7-19/h1-17H,18H2,(H,34,37)(H,35,39)(H,36,38)/b27-14+. The maximum atomic E-state index is 13.3. The Morgan fingerprint density at radius 2 is 1.43 bits per heavy atom. The first-order chi connectivity index (χ1) is 19.3. The fraction of sp³-hybridized carbons (Fsp3) is 0.0333. The smallest absolute Gasteiger partial charge is 0.272 e. The zero-order valence-electron chi connectivity index (χ0n) is 20.8. The number of anilines is 2. The van der Waals surface area contributed by atoms with Gasteiger partial charge in [-0.25, -0.2) is 0 Å². The number of amides is 3. The molecule has 4 rings (SSSR count). The van der Waals surface area contributed by atoms with Crippen LogP contribution in [-0.2, 0) is 9.59 Å². The molecule has 0 saturated heterocycles. The molecule has 0 aliphatic rings. The Labute approximate surface area is 250 Å². The molecule has 0 saturated carbocycles. The zero-order chi connectivity index (χ0) is 28.5. The van der Waals surface area contributed by atoms with E-state index in [2.05, 4.69) is 16.0 Å². The molecule has 4 aromatic carbocycles. The first-order valence-electron chi connectivity index (χ1n) is 11.9. The lowest BCUT2D eigenvalue weighted by Gasteiger charge is -2.13. The molecule has 0 bridgehead atoms. The highest BCUT2D eigenvalue weighted by atomic mass is 35.5. The summed E-state index contributed by atoms with van der Waals surface area (Å²) in [4.78, 5) is 39.3. The molecule has 0 radical (unpaired) electrons. The highest BCUT2D eigenvalue weighted by Gasteiger charge is 2.16. The first kappa shape index (κ1) is 29.2. The predicted molar refractivity (Wildman–Crippen MR) is 164 cm³/mol. The number of nitrogens with one attached hydrogen (secondary N) is 3. The van der Waals surface area contributed by atoms with Crippen LogP contribution in [0.25, 0.3) is 6.08 Å². The van der Waals surface area contributed by atoms with Crippen molar-refractivity contribution in [2.45, 2.75) is 4.90 Å². The number of carbonyl (C=O) groups is 3. The molecule has 3 amide bonds. The molecule has 0 atom stereocenters. The van der Waals surface area contributed by atoms with Gasteiger partial charge in [-0.05, 0) is 72.3 Å². The average Bonchev–Trinajstić information content (AvgIpc) is 2.93. The summed E-state index contributed by atoms with van der Waals surface area (Å²) in [7, 11) is 0. The zero-order valence-corrected chi connectivity index (χ0v) is 23.9. The molecule has 40 heavy (non-hydrogen) atoms. The second kappa shape index (κ2) is 14.1. The third kappa shape index (κ3) is 8.63. The van der Waals surface area contributed by atoms with E-state index in [1.807, 2.05) is 6.07 Å². The van der Waals surface area contributed by atoms with Crippen molar-refractivity contribution in [2.75, 3.05) is 16.4 Å². The summed E-state index contributed by atoms with van der Waals surface area (Å²) < 4.78 is 0. The molecule has 0 fully saturated rings. The van der Waals surface area contributed by atoms with Gasteiger partial charge in [0.25, 0.3) is 11.8 Å². The molecule has 6 nitrogen and oxygen atoms in total. The molecule has 0 unspecified atom stereocenters. The molecule has 0 aliphatic carbocycles. The van der Waals surface area contributed by atoms with E-state index in [0.717, 1.165) is 4.90 Å². The van der Waals surface area contributed by atoms with Crippen LogP contribution in [0.5, 0.6) is 0 Å². The van der Waals surface area contributed by atoms with Crippen molar-refractivity contribution in [3.63, 3.8) is 0 Å². The lowest BCUT2D eigenvalue weighted by atomic mass is 10.1. The van der Waals surface area contributed by atoms with Crippen molar-refractivity contribution in [1.29, 1.82) is 0 Å². The van der Waals surface area contributed by atoms with E-state index in [0.29, 0.717) is 37.6 Å². The monoisotopic (exact) mass is 609 g/mol. The maximum absolute atomic E-state index is 13.3. The Hall–Kier alpha value is -3.75. The minimum absolute atomic E-state index is 0.0166. The summed E-state index contributed by atoms with van der Waals surface area (Å²) in [5.41, 5.74) is 1.96. The number of rotatable bonds is 9. The largest absolute Gasteiger partial charge is 0.325 e. The van der Waals surface area contributed by atoms with Crippen LogP contribution in [-0.4, -0.2) is 23.5 Å². The molecule has 0 spiro atoms. The van der Waals surface area contributed by atoms with Gasteiger partial charge in [0, 0.05) is 36.9 Å². The Kier molecular flexibility index (Phi) is 10.3. The Balaban J connectivity index is 1.47. The molecule has 0 heterocycles. The Morgan fingerprint density at radius 1 is 0.725 bits per heavy atom. The van der Waals surface area contributed by atoms with Crippen molar-refractivity contribution in [2.24, 2.45) is 0 Å². The summed E-state index contributed by atoms with van der Waals surface area (Å²) in [6.45, 7) is 0. The van der Waals surface area contributed by atoms with Crippen molar-refractivity contribution >= 4 is 81.7 Å². The number of carbonyl (C=O) groups excluding carboxylic acids is 3. The summed E-state index contributed by atoms with van der Waals surface area (Å²) >= 11 is 19.6. The van der Waals surface area contributed by atoms with E-state index in [4.69, 9.17) is 34.8 Å². The van der Waals surface area contributed by atoms with E-state index in [9.17, 15) is 14.4 Å². The van der Waals surface area contributed by atoms with E-state index in [1.54, 1.807) is 91.0 Å². The number of hydrogen-bond donors (Lipinski definition) is 3. The normalized spacial score (nSPS) is 11.0. The SMILES string of the molecule is O=C(CSc1cccc(NC(=O)/C(=C\c2ccc(Cl)cc2Cl)NC(=O)c2ccccc2)c1)Nc1cccc(Cl)c1. The van der Waals surface area contributed by atoms with Gasteiger partial charge in [0.2, 0.25) is 5.91 Å². The molecule has 0 aliphatic heterocycles. The van der Waals surface area contributed by atoms with E-state index >= 15 is 0 Å². The topological polar surface area (TPSA) is 87.3 Å². The summed E-state index contributed by atoms with van der Waals surface area (Å²) in [6.07, 6.45) is 1.48. The van der Waals surface area contributed by atoms with Crippen LogP contribution in [0.2, 0.25) is 15.1 Å². The van der Waals surface area contributed by atoms with Gasteiger partial charge in [0.1, 0.15) is 5.70 Å². The molecular formula is C30H22Cl3N3O3S. The first-order valence-corrected chi connectivity index (χ1v) is 14.0. The van der Waals surface area contributed by atoms with Crippen molar-refractivity contribution in [3.8, 4) is 0 Å². The predicted octanol–water partition coefficient (Wildman–Crippen LogP) is 7.79. The second-order valence-corrected chi connectivity index (χ2v) is 10.7. The minimum Gasteiger partial charge on any atom is -0.325 e. The quantitative estimate of drug-likeness (QED) is 0.133. The minimum atomic E-state index is -0.559. The molecule has 4 aromatic rings. The Morgan fingerprint density at radius 3 is 2.15 bits per heavy atom. The van der Waals surface area contributed by atoms with Crippen LogP contribution in [0.15, 0.2) is 108 Å². The molecule has 202 valence electrons. The third-order valence-corrected chi connectivity index (χ3v) is 7.15. The number of hydrogen-bond acceptors (Lipinski definition) is 4. The molecular weight excluding hydrogens is 589 g/mol.